The fraction of sp³-hybridized carbons (Fsp3) is 0.562. The first-order valence-electron chi connectivity index (χ1n) is 6.85. The molecule has 1 rings (SSSR count). The number of nitrogens with one attached hydrogen (secondary N) is 1. The molecule has 0 aliphatic carbocycles. The number of rotatable bonds is 6. The molecule has 20 heavy (non-hydrogen) atoms. The van der Waals surface area contributed by atoms with Crippen molar-refractivity contribution in [2.75, 3.05) is 13.7 Å². The molecular weight excluding hydrogens is 318 g/mol. The summed E-state index contributed by atoms with van der Waals surface area (Å²) in [4.78, 5) is 11.4. The highest BCUT2D eigenvalue weighted by molar-refractivity contribution is 9.10. The molecule has 0 aliphatic rings. The van der Waals surface area contributed by atoms with Crippen LogP contribution in [0.4, 0.5) is 0 Å². The van der Waals surface area contributed by atoms with Gasteiger partial charge in [-0.25, -0.2) is 4.79 Å². The van der Waals surface area contributed by atoms with E-state index < -0.39 is 0 Å². The third-order valence-electron chi connectivity index (χ3n) is 3.93. The molecule has 1 N–H and O–H groups in total. The topological polar surface area (TPSA) is 38.3 Å². The van der Waals surface area contributed by atoms with E-state index in [1.807, 2.05) is 6.07 Å². The summed E-state index contributed by atoms with van der Waals surface area (Å²) in [5.74, 6) is 0.311. The van der Waals surface area contributed by atoms with Gasteiger partial charge in [-0.05, 0) is 29.0 Å². The molecule has 0 radical (unpaired) electrons. The molecule has 1 aromatic rings. The highest BCUT2D eigenvalue weighted by Gasteiger charge is 2.21. The van der Waals surface area contributed by atoms with Crippen LogP contribution in [-0.4, -0.2) is 19.6 Å². The first kappa shape index (κ1) is 17.2. The maximum Gasteiger partial charge on any atom is 0.337 e. The van der Waals surface area contributed by atoms with Crippen LogP contribution < -0.4 is 5.32 Å². The summed E-state index contributed by atoms with van der Waals surface area (Å²) >= 11 is 3.51. The number of ether oxygens (including phenoxy) is 1. The Morgan fingerprint density at radius 1 is 1.40 bits per heavy atom. The molecule has 0 unspecified atom stereocenters. The smallest absolute Gasteiger partial charge is 0.337 e. The molecule has 0 atom stereocenters. The van der Waals surface area contributed by atoms with Gasteiger partial charge >= 0.3 is 5.97 Å². The van der Waals surface area contributed by atoms with Gasteiger partial charge < -0.3 is 10.1 Å². The summed E-state index contributed by atoms with van der Waals surface area (Å²) in [6, 6.07) is 5.54. The second-order valence-electron chi connectivity index (χ2n) is 6.04. The molecule has 112 valence electrons. The van der Waals surface area contributed by atoms with E-state index in [4.69, 9.17) is 4.74 Å². The quantitative estimate of drug-likeness (QED) is 0.794. The summed E-state index contributed by atoms with van der Waals surface area (Å²) < 4.78 is 5.63. The zero-order valence-corrected chi connectivity index (χ0v) is 14.5. The third-order valence-corrected chi connectivity index (χ3v) is 4.67. The van der Waals surface area contributed by atoms with Crippen LogP contribution >= 0.6 is 15.9 Å². The number of halogens is 1. The summed E-state index contributed by atoms with van der Waals surface area (Å²) in [7, 11) is 1.39. The van der Waals surface area contributed by atoms with E-state index in [9.17, 15) is 4.79 Å². The van der Waals surface area contributed by atoms with Gasteiger partial charge in [0.05, 0.1) is 12.7 Å². The Labute approximate surface area is 130 Å². The summed E-state index contributed by atoms with van der Waals surface area (Å²) in [6.07, 6.45) is 0. The monoisotopic (exact) mass is 341 g/mol. The van der Waals surface area contributed by atoms with E-state index in [2.05, 4.69) is 48.9 Å². The van der Waals surface area contributed by atoms with Gasteiger partial charge in [0.1, 0.15) is 0 Å². The molecule has 0 spiro atoms. The van der Waals surface area contributed by atoms with Crippen LogP contribution in [0.1, 0.15) is 43.6 Å². The molecular formula is C16H24BrNO2. The number of esters is 1. The van der Waals surface area contributed by atoms with Crippen LogP contribution in [0.2, 0.25) is 0 Å². The second-order valence-corrected chi connectivity index (χ2v) is 6.90. The lowest BCUT2D eigenvalue weighted by Gasteiger charge is -2.29. The Kier molecular flexibility index (Phi) is 6.21. The second kappa shape index (κ2) is 7.23. The lowest BCUT2D eigenvalue weighted by Crippen LogP contribution is -2.33. The van der Waals surface area contributed by atoms with Crippen molar-refractivity contribution in [3.8, 4) is 0 Å². The van der Waals surface area contributed by atoms with Gasteiger partial charge in [-0.2, -0.15) is 0 Å². The number of carbonyl (C=O) groups is 1. The lowest BCUT2D eigenvalue weighted by atomic mass is 9.81. The van der Waals surface area contributed by atoms with Crippen LogP contribution in [0.25, 0.3) is 0 Å². The van der Waals surface area contributed by atoms with Gasteiger partial charge in [0.25, 0.3) is 0 Å². The molecule has 3 nitrogen and oxygen atoms in total. The molecule has 0 bridgehead atoms. The Balaban J connectivity index is 2.64. The molecule has 0 amide bonds. The summed E-state index contributed by atoms with van der Waals surface area (Å²) in [5, 5.41) is 3.48. The Hall–Kier alpha value is -0.870. The number of hydrogen-bond donors (Lipinski definition) is 1. The number of methoxy groups -OCH3 is 1. The van der Waals surface area contributed by atoms with Crippen molar-refractivity contribution in [3.05, 3.63) is 33.8 Å². The summed E-state index contributed by atoms with van der Waals surface area (Å²) in [6.45, 7) is 10.7. The van der Waals surface area contributed by atoms with Gasteiger partial charge in [0, 0.05) is 17.6 Å². The van der Waals surface area contributed by atoms with Crippen LogP contribution in [0, 0.1) is 11.3 Å². The first-order chi connectivity index (χ1) is 9.27. The molecule has 0 saturated carbocycles. The normalized spacial score (nSPS) is 11.8. The molecule has 0 aromatic heterocycles. The van der Waals surface area contributed by atoms with Crippen molar-refractivity contribution in [2.24, 2.45) is 11.3 Å². The van der Waals surface area contributed by atoms with Crippen LogP contribution in [0.15, 0.2) is 22.7 Å². The molecule has 4 heteroatoms. The minimum Gasteiger partial charge on any atom is -0.465 e. The van der Waals surface area contributed by atoms with Gasteiger partial charge in [-0.3, -0.25) is 0 Å². The standard InChI is InChI=1S/C16H24BrNO2/c1-11(2)16(3,4)10-18-9-13-7-6-12(8-14(13)17)15(19)20-5/h6-8,11,18H,9-10H2,1-5H3. The predicted octanol–water partition coefficient (Wildman–Crippen LogP) is 4.01. The van der Waals surface area contributed by atoms with Crippen molar-refractivity contribution >= 4 is 21.9 Å². The first-order valence-corrected chi connectivity index (χ1v) is 7.64. The van der Waals surface area contributed by atoms with Gasteiger partial charge in [-0.1, -0.05) is 49.7 Å². The average molecular weight is 342 g/mol. The Morgan fingerprint density at radius 2 is 2.05 bits per heavy atom. The van der Waals surface area contributed by atoms with E-state index >= 15 is 0 Å². The zero-order valence-electron chi connectivity index (χ0n) is 12.9. The minimum atomic E-state index is -0.314. The van der Waals surface area contributed by atoms with Crippen molar-refractivity contribution in [3.63, 3.8) is 0 Å². The largest absolute Gasteiger partial charge is 0.465 e. The van der Waals surface area contributed by atoms with Crippen LogP contribution in [0.5, 0.6) is 0 Å². The highest BCUT2D eigenvalue weighted by atomic mass is 79.9. The lowest BCUT2D eigenvalue weighted by molar-refractivity contribution is 0.0600. The van der Waals surface area contributed by atoms with Crippen molar-refractivity contribution < 1.29 is 9.53 Å². The fourth-order valence-corrected chi connectivity index (χ4v) is 2.18. The van der Waals surface area contributed by atoms with E-state index in [1.54, 1.807) is 12.1 Å². The maximum atomic E-state index is 11.4. The van der Waals surface area contributed by atoms with Crippen molar-refractivity contribution in [1.82, 2.24) is 5.32 Å². The predicted molar refractivity (Wildman–Crippen MR) is 85.8 cm³/mol. The van der Waals surface area contributed by atoms with E-state index in [-0.39, 0.29) is 11.4 Å². The molecule has 0 saturated heterocycles. The number of benzene rings is 1. The summed E-state index contributed by atoms with van der Waals surface area (Å²) in [5.41, 5.74) is 1.96. The van der Waals surface area contributed by atoms with Gasteiger partial charge in [0.2, 0.25) is 0 Å². The van der Waals surface area contributed by atoms with E-state index in [0.717, 1.165) is 23.1 Å². The SMILES string of the molecule is COC(=O)c1ccc(CNCC(C)(C)C(C)C)c(Br)c1. The third kappa shape index (κ3) is 4.60. The van der Waals surface area contributed by atoms with Gasteiger partial charge in [0.15, 0.2) is 0 Å². The van der Waals surface area contributed by atoms with Crippen molar-refractivity contribution in [2.45, 2.75) is 34.2 Å². The fourth-order valence-electron chi connectivity index (χ4n) is 1.66. The molecule has 0 fully saturated rings. The van der Waals surface area contributed by atoms with Crippen molar-refractivity contribution in [1.29, 1.82) is 0 Å². The highest BCUT2D eigenvalue weighted by Crippen LogP contribution is 2.25. The molecule has 0 heterocycles. The molecule has 0 aliphatic heterocycles. The van der Waals surface area contributed by atoms with E-state index in [1.165, 1.54) is 7.11 Å². The number of hydrogen-bond acceptors (Lipinski definition) is 3. The van der Waals surface area contributed by atoms with Crippen LogP contribution in [-0.2, 0) is 11.3 Å². The molecule has 1 aromatic carbocycles. The zero-order chi connectivity index (χ0) is 15.3. The van der Waals surface area contributed by atoms with Crippen LogP contribution in [0.3, 0.4) is 0 Å². The Morgan fingerprint density at radius 3 is 2.55 bits per heavy atom. The van der Waals surface area contributed by atoms with Gasteiger partial charge in [-0.15, -0.1) is 0 Å². The number of carbonyl (C=O) groups excluding carboxylic acids is 1. The minimum absolute atomic E-state index is 0.262. The maximum absolute atomic E-state index is 11.4. The Bertz CT molecular complexity index is 470. The van der Waals surface area contributed by atoms with E-state index in [0.29, 0.717) is 11.5 Å². The average Bonchev–Trinajstić information content (AvgIpc) is 2.39.